The number of hydrogen-bond donors (Lipinski definition) is 1. The fraction of sp³-hybridized carbons (Fsp3) is 0.125. The Labute approximate surface area is 159 Å². The molecular formula is C16H12Br2N2O3S. The fourth-order valence-electron chi connectivity index (χ4n) is 1.98. The number of thiazole rings is 1. The summed E-state index contributed by atoms with van der Waals surface area (Å²) in [5, 5.41) is 3.28. The number of nitrogens with one attached hydrogen (secondary N) is 1. The number of carbonyl (C=O) groups excluding carboxylic acids is 1. The predicted octanol–water partition coefficient (Wildman–Crippen LogP) is 4.85. The maximum absolute atomic E-state index is 12.0. The topological polar surface area (TPSA) is 60.5 Å². The Morgan fingerprint density at radius 2 is 2.08 bits per heavy atom. The molecule has 3 rings (SSSR count). The Morgan fingerprint density at radius 3 is 2.83 bits per heavy atom. The van der Waals surface area contributed by atoms with Crippen LogP contribution in [0.3, 0.4) is 0 Å². The second-order valence-electron chi connectivity index (χ2n) is 4.76. The van der Waals surface area contributed by atoms with Crippen LogP contribution < -0.4 is 14.8 Å². The van der Waals surface area contributed by atoms with Gasteiger partial charge in [-0.25, -0.2) is 4.98 Å². The van der Waals surface area contributed by atoms with Gasteiger partial charge in [-0.15, -0.1) is 0 Å². The van der Waals surface area contributed by atoms with E-state index in [1.54, 1.807) is 13.2 Å². The highest BCUT2D eigenvalue weighted by molar-refractivity contribution is 9.11. The molecule has 0 atom stereocenters. The van der Waals surface area contributed by atoms with E-state index in [9.17, 15) is 4.79 Å². The van der Waals surface area contributed by atoms with Gasteiger partial charge in [-0.1, -0.05) is 27.3 Å². The highest BCUT2D eigenvalue weighted by atomic mass is 79.9. The lowest BCUT2D eigenvalue weighted by Crippen LogP contribution is -2.20. The van der Waals surface area contributed by atoms with Gasteiger partial charge in [0.05, 0.1) is 21.8 Å². The molecule has 0 radical (unpaired) electrons. The lowest BCUT2D eigenvalue weighted by Gasteiger charge is -2.07. The molecule has 1 amide bonds. The average Bonchev–Trinajstić information content (AvgIpc) is 2.95. The summed E-state index contributed by atoms with van der Waals surface area (Å²) in [5.74, 6) is 1.09. The zero-order valence-electron chi connectivity index (χ0n) is 12.5. The first-order chi connectivity index (χ1) is 11.5. The highest BCUT2D eigenvalue weighted by Crippen LogP contribution is 2.30. The van der Waals surface area contributed by atoms with E-state index < -0.39 is 0 Å². The normalized spacial score (nSPS) is 10.6. The molecule has 1 aromatic heterocycles. The first-order valence-electron chi connectivity index (χ1n) is 6.87. The molecule has 124 valence electrons. The molecule has 0 saturated carbocycles. The SMILES string of the molecule is COc1ccc2nc(NC(=O)COc3ccc(Br)cc3Br)sc2c1. The van der Waals surface area contributed by atoms with Crippen molar-refractivity contribution in [2.24, 2.45) is 0 Å². The Bertz CT molecular complexity index is 898. The summed E-state index contributed by atoms with van der Waals surface area (Å²) in [6, 6.07) is 11.1. The van der Waals surface area contributed by atoms with E-state index >= 15 is 0 Å². The maximum Gasteiger partial charge on any atom is 0.264 e. The summed E-state index contributed by atoms with van der Waals surface area (Å²) in [7, 11) is 1.61. The smallest absolute Gasteiger partial charge is 0.264 e. The van der Waals surface area contributed by atoms with Crippen LogP contribution in [0.2, 0.25) is 0 Å². The molecule has 8 heteroatoms. The lowest BCUT2D eigenvalue weighted by molar-refractivity contribution is -0.118. The van der Waals surface area contributed by atoms with Crippen molar-refractivity contribution in [2.75, 3.05) is 19.0 Å². The highest BCUT2D eigenvalue weighted by Gasteiger charge is 2.10. The second kappa shape index (κ2) is 7.50. The van der Waals surface area contributed by atoms with Crippen LogP contribution in [0.1, 0.15) is 0 Å². The maximum atomic E-state index is 12.0. The van der Waals surface area contributed by atoms with Gasteiger partial charge in [0.15, 0.2) is 11.7 Å². The summed E-state index contributed by atoms with van der Waals surface area (Å²) >= 11 is 8.15. The van der Waals surface area contributed by atoms with Crippen LogP contribution in [0.25, 0.3) is 10.2 Å². The molecule has 0 aliphatic heterocycles. The average molecular weight is 472 g/mol. The first-order valence-corrected chi connectivity index (χ1v) is 9.27. The Hall–Kier alpha value is -1.64. The molecule has 0 aliphatic rings. The van der Waals surface area contributed by atoms with Gasteiger partial charge in [-0.3, -0.25) is 10.1 Å². The number of halogens is 2. The molecule has 0 aliphatic carbocycles. The number of hydrogen-bond acceptors (Lipinski definition) is 5. The van der Waals surface area contributed by atoms with Crippen molar-refractivity contribution in [3.8, 4) is 11.5 Å². The molecule has 1 heterocycles. The third kappa shape index (κ3) is 4.06. The van der Waals surface area contributed by atoms with Gasteiger partial charge in [0.25, 0.3) is 5.91 Å². The van der Waals surface area contributed by atoms with E-state index in [1.165, 1.54) is 11.3 Å². The Kier molecular flexibility index (Phi) is 5.37. The lowest BCUT2D eigenvalue weighted by atomic mass is 10.3. The minimum absolute atomic E-state index is 0.0977. The number of anilines is 1. The number of nitrogens with zero attached hydrogens (tertiary/aromatic N) is 1. The summed E-state index contributed by atoms with van der Waals surface area (Å²) in [5.41, 5.74) is 0.813. The molecule has 0 saturated heterocycles. The quantitative estimate of drug-likeness (QED) is 0.577. The third-order valence-corrected chi connectivity index (χ3v) is 5.14. The van der Waals surface area contributed by atoms with Crippen molar-refractivity contribution in [2.45, 2.75) is 0 Å². The van der Waals surface area contributed by atoms with Crippen LogP contribution in [0.4, 0.5) is 5.13 Å². The van der Waals surface area contributed by atoms with E-state index in [-0.39, 0.29) is 12.5 Å². The molecule has 24 heavy (non-hydrogen) atoms. The van der Waals surface area contributed by atoms with Crippen LogP contribution in [-0.4, -0.2) is 24.6 Å². The fourth-order valence-corrected chi connectivity index (χ4v) is 4.05. The Balaban J connectivity index is 1.64. The summed E-state index contributed by atoms with van der Waals surface area (Å²) < 4.78 is 13.3. The first kappa shape index (κ1) is 17.2. The van der Waals surface area contributed by atoms with E-state index in [2.05, 4.69) is 42.2 Å². The summed E-state index contributed by atoms with van der Waals surface area (Å²) in [6.07, 6.45) is 0. The number of rotatable bonds is 5. The molecule has 5 nitrogen and oxygen atoms in total. The molecule has 2 aromatic carbocycles. The predicted molar refractivity (Wildman–Crippen MR) is 102 cm³/mol. The van der Waals surface area contributed by atoms with Gasteiger partial charge >= 0.3 is 0 Å². The molecule has 0 unspecified atom stereocenters. The summed E-state index contributed by atoms with van der Waals surface area (Å²) in [6.45, 7) is -0.0977. The molecule has 0 bridgehead atoms. The third-order valence-electron chi connectivity index (χ3n) is 3.09. The number of carbonyl (C=O) groups is 1. The van der Waals surface area contributed by atoms with Crippen LogP contribution in [0.5, 0.6) is 11.5 Å². The van der Waals surface area contributed by atoms with Gasteiger partial charge in [-0.2, -0.15) is 0 Å². The van der Waals surface area contributed by atoms with Crippen LogP contribution in [-0.2, 0) is 4.79 Å². The number of benzene rings is 2. The molecule has 0 fully saturated rings. The summed E-state index contributed by atoms with van der Waals surface area (Å²) in [4.78, 5) is 16.4. The largest absolute Gasteiger partial charge is 0.497 e. The standard InChI is InChI=1S/C16H12Br2N2O3S/c1-22-10-3-4-12-14(7-10)24-16(19-12)20-15(21)8-23-13-5-2-9(17)6-11(13)18/h2-7H,8H2,1H3,(H,19,20,21). The van der Waals surface area contributed by atoms with Gasteiger partial charge in [0, 0.05) is 4.47 Å². The zero-order valence-corrected chi connectivity index (χ0v) is 16.5. The monoisotopic (exact) mass is 470 g/mol. The van der Waals surface area contributed by atoms with Crippen molar-refractivity contribution in [1.29, 1.82) is 0 Å². The molecule has 3 aromatic rings. The van der Waals surface area contributed by atoms with Gasteiger partial charge < -0.3 is 9.47 Å². The van der Waals surface area contributed by atoms with Crippen LogP contribution in [0, 0.1) is 0 Å². The van der Waals surface area contributed by atoms with Gasteiger partial charge in [0.2, 0.25) is 0 Å². The van der Waals surface area contributed by atoms with Crippen molar-refractivity contribution >= 4 is 64.5 Å². The number of amides is 1. The zero-order chi connectivity index (χ0) is 17.1. The van der Waals surface area contributed by atoms with E-state index in [4.69, 9.17) is 9.47 Å². The van der Waals surface area contributed by atoms with Crippen LogP contribution in [0.15, 0.2) is 45.3 Å². The molecule has 0 spiro atoms. The van der Waals surface area contributed by atoms with Gasteiger partial charge in [-0.05, 0) is 52.3 Å². The number of ether oxygens (including phenoxy) is 2. The number of aromatic nitrogens is 1. The van der Waals surface area contributed by atoms with Crippen LogP contribution >= 0.6 is 43.2 Å². The minimum atomic E-state index is -0.268. The molecule has 1 N–H and O–H groups in total. The Morgan fingerprint density at radius 1 is 1.25 bits per heavy atom. The van der Waals surface area contributed by atoms with E-state index in [0.29, 0.717) is 10.9 Å². The molecular weight excluding hydrogens is 460 g/mol. The van der Waals surface area contributed by atoms with Crippen molar-refractivity contribution in [3.05, 3.63) is 45.3 Å². The van der Waals surface area contributed by atoms with Crippen molar-refractivity contribution in [1.82, 2.24) is 4.98 Å². The second-order valence-corrected chi connectivity index (χ2v) is 7.56. The van der Waals surface area contributed by atoms with E-state index in [0.717, 1.165) is 24.9 Å². The van der Waals surface area contributed by atoms with E-state index in [1.807, 2.05) is 30.3 Å². The van der Waals surface area contributed by atoms with Gasteiger partial charge in [0.1, 0.15) is 11.5 Å². The van der Waals surface area contributed by atoms with Crippen molar-refractivity contribution in [3.63, 3.8) is 0 Å². The van der Waals surface area contributed by atoms with Crippen molar-refractivity contribution < 1.29 is 14.3 Å². The number of methoxy groups -OCH3 is 1. The number of fused-ring (bicyclic) bond motifs is 1. The minimum Gasteiger partial charge on any atom is -0.497 e.